The average molecular weight is 521 g/mol. The number of anilines is 1. The SMILES string of the molecule is CC(C)C(C(=O)O)N1Cc2ccc(-c3ccc(NC(=O)c4cccc(Oc5ccccc5)c4)cc3)cc2C1=O. The van der Waals surface area contributed by atoms with Gasteiger partial charge in [0.2, 0.25) is 0 Å². The number of fused-ring (bicyclic) bond motifs is 1. The number of amides is 2. The fourth-order valence-corrected chi connectivity index (χ4v) is 4.78. The largest absolute Gasteiger partial charge is 0.480 e. The minimum Gasteiger partial charge on any atom is -0.480 e. The number of nitrogens with one attached hydrogen (secondary N) is 1. The number of para-hydroxylation sites is 1. The minimum atomic E-state index is -1.00. The van der Waals surface area contributed by atoms with Gasteiger partial charge in [0.25, 0.3) is 11.8 Å². The fourth-order valence-electron chi connectivity index (χ4n) is 4.78. The Morgan fingerprint density at radius 1 is 0.846 bits per heavy atom. The number of ether oxygens (including phenoxy) is 1. The van der Waals surface area contributed by atoms with Crippen molar-refractivity contribution in [1.29, 1.82) is 0 Å². The highest BCUT2D eigenvalue weighted by Crippen LogP contribution is 2.32. The Balaban J connectivity index is 1.28. The summed E-state index contributed by atoms with van der Waals surface area (Å²) in [6.45, 7) is 3.89. The first kappa shape index (κ1) is 25.7. The zero-order chi connectivity index (χ0) is 27.5. The molecule has 1 atom stereocenters. The van der Waals surface area contributed by atoms with E-state index in [-0.39, 0.29) is 24.3 Å². The molecule has 0 saturated carbocycles. The van der Waals surface area contributed by atoms with Crippen molar-refractivity contribution in [1.82, 2.24) is 4.90 Å². The van der Waals surface area contributed by atoms with Crippen LogP contribution in [0.2, 0.25) is 0 Å². The van der Waals surface area contributed by atoms with Crippen LogP contribution in [0.5, 0.6) is 11.5 Å². The van der Waals surface area contributed by atoms with E-state index in [2.05, 4.69) is 5.32 Å². The van der Waals surface area contributed by atoms with Crippen LogP contribution in [-0.2, 0) is 11.3 Å². The van der Waals surface area contributed by atoms with Gasteiger partial charge in [-0.2, -0.15) is 0 Å². The maximum absolute atomic E-state index is 13.1. The summed E-state index contributed by atoms with van der Waals surface area (Å²) in [6.07, 6.45) is 0. The van der Waals surface area contributed by atoms with Crippen molar-refractivity contribution in [2.75, 3.05) is 5.32 Å². The molecule has 5 rings (SSSR count). The van der Waals surface area contributed by atoms with Crippen LogP contribution < -0.4 is 10.1 Å². The molecule has 2 amide bonds. The molecule has 4 aromatic rings. The fraction of sp³-hybridized carbons (Fsp3) is 0.156. The Kier molecular flexibility index (Phi) is 7.14. The van der Waals surface area contributed by atoms with Crippen molar-refractivity contribution in [3.8, 4) is 22.6 Å². The molecule has 0 spiro atoms. The van der Waals surface area contributed by atoms with Gasteiger partial charge in [0.15, 0.2) is 0 Å². The quantitative estimate of drug-likeness (QED) is 0.278. The lowest BCUT2D eigenvalue weighted by molar-refractivity contribution is -0.144. The smallest absolute Gasteiger partial charge is 0.326 e. The molecule has 7 nitrogen and oxygen atoms in total. The Hall–Kier alpha value is -4.91. The number of carbonyl (C=O) groups is 3. The van der Waals surface area contributed by atoms with Gasteiger partial charge < -0.3 is 20.1 Å². The van der Waals surface area contributed by atoms with Gasteiger partial charge in [-0.1, -0.05) is 62.4 Å². The van der Waals surface area contributed by atoms with Gasteiger partial charge in [0.1, 0.15) is 17.5 Å². The van der Waals surface area contributed by atoms with Crippen LogP contribution in [0.4, 0.5) is 5.69 Å². The topological polar surface area (TPSA) is 95.9 Å². The van der Waals surface area contributed by atoms with E-state index in [1.807, 2.05) is 60.7 Å². The molecule has 0 aliphatic carbocycles. The van der Waals surface area contributed by atoms with Crippen LogP contribution >= 0.6 is 0 Å². The van der Waals surface area contributed by atoms with E-state index in [1.54, 1.807) is 50.2 Å². The van der Waals surface area contributed by atoms with Crippen molar-refractivity contribution in [2.24, 2.45) is 5.92 Å². The summed E-state index contributed by atoms with van der Waals surface area (Å²) in [7, 11) is 0. The predicted molar refractivity (Wildman–Crippen MR) is 149 cm³/mol. The highest BCUT2D eigenvalue weighted by Gasteiger charge is 2.38. The van der Waals surface area contributed by atoms with Crippen LogP contribution in [0.15, 0.2) is 97.1 Å². The molecule has 4 aromatic carbocycles. The molecule has 0 saturated heterocycles. The van der Waals surface area contributed by atoms with Gasteiger partial charge in [-0.3, -0.25) is 9.59 Å². The molecular formula is C32H28N2O5. The maximum Gasteiger partial charge on any atom is 0.326 e. The third-order valence-electron chi connectivity index (χ3n) is 6.71. The standard InChI is InChI=1S/C32H28N2O5/c1-20(2)29(32(37)38)34-19-24-12-11-22(18-28(24)31(34)36)21-13-15-25(16-14-21)33-30(35)23-7-6-10-27(17-23)39-26-8-4-3-5-9-26/h3-18,20,29H,19H2,1-2H3,(H,33,35)(H,37,38). The van der Waals surface area contributed by atoms with Gasteiger partial charge >= 0.3 is 5.97 Å². The predicted octanol–water partition coefficient (Wildman–Crippen LogP) is 6.46. The minimum absolute atomic E-state index is 0.207. The number of aliphatic carboxylic acids is 1. The molecule has 1 aliphatic rings. The number of benzene rings is 4. The summed E-state index contributed by atoms with van der Waals surface area (Å²) < 4.78 is 5.83. The molecule has 0 radical (unpaired) electrons. The van der Waals surface area contributed by atoms with Crippen molar-refractivity contribution in [3.05, 3.63) is 114 Å². The summed E-state index contributed by atoms with van der Waals surface area (Å²) >= 11 is 0. The zero-order valence-corrected chi connectivity index (χ0v) is 21.6. The van der Waals surface area contributed by atoms with Crippen LogP contribution in [0, 0.1) is 5.92 Å². The summed E-state index contributed by atoms with van der Waals surface area (Å²) in [6, 6.07) is 28.4. The van der Waals surface area contributed by atoms with Gasteiger partial charge in [0.05, 0.1) is 0 Å². The number of carboxylic acid groups (broad SMARTS) is 1. The number of carboxylic acids is 1. The van der Waals surface area contributed by atoms with Gasteiger partial charge in [-0.25, -0.2) is 4.79 Å². The van der Waals surface area contributed by atoms with E-state index in [0.29, 0.717) is 28.3 Å². The summed E-state index contributed by atoms with van der Waals surface area (Å²) in [5.74, 6) is -0.482. The summed E-state index contributed by atoms with van der Waals surface area (Å²) in [5.41, 5.74) is 4.15. The highest BCUT2D eigenvalue weighted by atomic mass is 16.5. The number of nitrogens with zero attached hydrogens (tertiary/aromatic N) is 1. The lowest BCUT2D eigenvalue weighted by Crippen LogP contribution is -2.44. The number of hydrogen-bond acceptors (Lipinski definition) is 4. The maximum atomic E-state index is 13.1. The first-order valence-electron chi connectivity index (χ1n) is 12.7. The molecule has 1 aliphatic heterocycles. The molecule has 0 bridgehead atoms. The Bertz CT molecular complexity index is 1530. The normalized spacial score (nSPS) is 13.2. The van der Waals surface area contributed by atoms with E-state index in [9.17, 15) is 19.5 Å². The van der Waals surface area contributed by atoms with Crippen molar-refractivity contribution in [3.63, 3.8) is 0 Å². The molecule has 0 aromatic heterocycles. The van der Waals surface area contributed by atoms with Crippen LogP contribution in [0.3, 0.4) is 0 Å². The third-order valence-corrected chi connectivity index (χ3v) is 6.71. The Morgan fingerprint density at radius 2 is 1.54 bits per heavy atom. The molecular weight excluding hydrogens is 492 g/mol. The molecule has 0 fully saturated rings. The van der Waals surface area contributed by atoms with Crippen molar-refractivity contribution >= 4 is 23.5 Å². The third kappa shape index (κ3) is 5.52. The van der Waals surface area contributed by atoms with E-state index >= 15 is 0 Å². The van der Waals surface area contributed by atoms with Crippen LogP contribution in [-0.4, -0.2) is 33.8 Å². The Morgan fingerprint density at radius 3 is 2.23 bits per heavy atom. The lowest BCUT2D eigenvalue weighted by atomic mass is 10.00. The lowest BCUT2D eigenvalue weighted by Gasteiger charge is -2.27. The van der Waals surface area contributed by atoms with E-state index in [4.69, 9.17) is 4.74 Å². The van der Waals surface area contributed by atoms with E-state index in [1.165, 1.54) is 4.90 Å². The van der Waals surface area contributed by atoms with Crippen LogP contribution in [0.1, 0.15) is 40.1 Å². The van der Waals surface area contributed by atoms with E-state index in [0.717, 1.165) is 16.7 Å². The Labute approximate surface area is 226 Å². The molecule has 2 N–H and O–H groups in total. The molecule has 196 valence electrons. The summed E-state index contributed by atoms with van der Waals surface area (Å²) in [5, 5.41) is 12.5. The monoisotopic (exact) mass is 520 g/mol. The highest BCUT2D eigenvalue weighted by molar-refractivity contribution is 6.04. The van der Waals surface area contributed by atoms with Gasteiger partial charge in [0, 0.05) is 23.4 Å². The van der Waals surface area contributed by atoms with E-state index < -0.39 is 12.0 Å². The van der Waals surface area contributed by atoms with Crippen molar-refractivity contribution in [2.45, 2.75) is 26.4 Å². The first-order chi connectivity index (χ1) is 18.8. The second-order valence-electron chi connectivity index (χ2n) is 9.81. The molecule has 7 heteroatoms. The van der Waals surface area contributed by atoms with Gasteiger partial charge in [-0.05, 0) is 71.1 Å². The second-order valence-corrected chi connectivity index (χ2v) is 9.81. The van der Waals surface area contributed by atoms with Crippen molar-refractivity contribution < 1.29 is 24.2 Å². The number of rotatable bonds is 8. The average Bonchev–Trinajstić information content (AvgIpc) is 3.24. The zero-order valence-electron chi connectivity index (χ0n) is 21.6. The van der Waals surface area contributed by atoms with Crippen LogP contribution in [0.25, 0.3) is 11.1 Å². The summed E-state index contributed by atoms with van der Waals surface area (Å²) in [4.78, 5) is 39.1. The number of carbonyl (C=O) groups excluding carboxylic acids is 2. The molecule has 1 heterocycles. The second kappa shape index (κ2) is 10.8. The first-order valence-corrected chi connectivity index (χ1v) is 12.7. The molecule has 39 heavy (non-hydrogen) atoms. The molecule has 1 unspecified atom stereocenters. The number of hydrogen-bond donors (Lipinski definition) is 2. The van der Waals surface area contributed by atoms with Gasteiger partial charge in [-0.15, -0.1) is 0 Å².